The summed E-state index contributed by atoms with van der Waals surface area (Å²) in [5, 5.41) is 3.03. The molecule has 2 unspecified atom stereocenters. The van der Waals surface area contributed by atoms with E-state index in [4.69, 9.17) is 0 Å². The van der Waals surface area contributed by atoms with Crippen LogP contribution in [0.5, 0.6) is 0 Å². The molecule has 6 heteroatoms. The summed E-state index contributed by atoms with van der Waals surface area (Å²) in [6, 6.07) is 0. The summed E-state index contributed by atoms with van der Waals surface area (Å²) in [5.74, 6) is 1.62. The lowest BCUT2D eigenvalue weighted by atomic mass is 10.0. The maximum atomic E-state index is 12.2. The smallest absolute Gasteiger partial charge is 0.356 e. The molecule has 132 valence electrons. The highest BCUT2D eigenvalue weighted by Gasteiger charge is 2.59. The topological polar surface area (TPSA) is 32.3 Å². The van der Waals surface area contributed by atoms with Crippen LogP contribution in [0.2, 0.25) is 0 Å². The third kappa shape index (κ3) is 4.61. The van der Waals surface area contributed by atoms with Gasteiger partial charge in [0.25, 0.3) is 0 Å². The molecule has 3 aliphatic rings. The predicted molar refractivity (Wildman–Crippen MR) is 81.8 cm³/mol. The number of carbonyl (C=O) groups excluding carboxylic acids is 1. The molecule has 1 saturated heterocycles. The second-order valence-electron chi connectivity index (χ2n) is 7.56. The Labute approximate surface area is 136 Å². The molecular formula is C17H27F3N2O. The Bertz CT molecular complexity index is 409. The van der Waals surface area contributed by atoms with Gasteiger partial charge in [0.05, 0.1) is 6.42 Å². The number of fused-ring (bicyclic) bond motifs is 1. The molecule has 3 fully saturated rings. The van der Waals surface area contributed by atoms with Crippen molar-refractivity contribution in [3.05, 3.63) is 0 Å². The van der Waals surface area contributed by atoms with Crippen molar-refractivity contribution in [2.75, 3.05) is 26.2 Å². The fourth-order valence-corrected chi connectivity index (χ4v) is 4.49. The van der Waals surface area contributed by atoms with E-state index in [2.05, 4.69) is 5.32 Å². The van der Waals surface area contributed by atoms with Crippen molar-refractivity contribution >= 4 is 5.91 Å². The van der Waals surface area contributed by atoms with E-state index in [0.29, 0.717) is 13.1 Å². The first kappa shape index (κ1) is 17.1. The summed E-state index contributed by atoms with van der Waals surface area (Å²) in [7, 11) is 0. The number of piperidine rings is 1. The lowest BCUT2D eigenvalue weighted by molar-refractivity contribution is -0.138. The average molecular weight is 332 g/mol. The number of nitrogens with one attached hydrogen (secondary N) is 1. The van der Waals surface area contributed by atoms with Gasteiger partial charge in [-0.25, -0.2) is 0 Å². The van der Waals surface area contributed by atoms with Gasteiger partial charge < -0.3 is 10.2 Å². The number of carbonyl (C=O) groups is 1. The molecule has 0 radical (unpaired) electrons. The van der Waals surface area contributed by atoms with Gasteiger partial charge in [0.2, 0.25) is 5.91 Å². The lowest BCUT2D eigenvalue weighted by Crippen LogP contribution is -2.33. The molecule has 1 aliphatic heterocycles. The van der Waals surface area contributed by atoms with Crippen LogP contribution in [0, 0.1) is 23.7 Å². The molecule has 3 nitrogen and oxygen atoms in total. The molecule has 0 bridgehead atoms. The number of halogens is 3. The van der Waals surface area contributed by atoms with Crippen LogP contribution in [-0.2, 0) is 4.79 Å². The van der Waals surface area contributed by atoms with Gasteiger partial charge in [-0.1, -0.05) is 25.7 Å². The van der Waals surface area contributed by atoms with E-state index in [1.54, 1.807) is 0 Å². The summed E-state index contributed by atoms with van der Waals surface area (Å²) >= 11 is 0. The summed E-state index contributed by atoms with van der Waals surface area (Å²) in [6.07, 6.45) is 2.83. The first-order valence-electron chi connectivity index (χ1n) is 9.01. The monoisotopic (exact) mass is 332 g/mol. The summed E-state index contributed by atoms with van der Waals surface area (Å²) in [4.78, 5) is 14.0. The molecule has 0 aromatic carbocycles. The Morgan fingerprint density at radius 2 is 1.78 bits per heavy atom. The highest BCUT2D eigenvalue weighted by molar-refractivity contribution is 5.82. The minimum Gasteiger partial charge on any atom is -0.356 e. The first-order chi connectivity index (χ1) is 10.9. The van der Waals surface area contributed by atoms with Crippen molar-refractivity contribution in [2.24, 2.45) is 23.7 Å². The summed E-state index contributed by atoms with van der Waals surface area (Å²) in [5.41, 5.74) is 0. The lowest BCUT2D eigenvalue weighted by Gasteiger charge is -2.20. The quantitative estimate of drug-likeness (QED) is 0.726. The van der Waals surface area contributed by atoms with Crippen molar-refractivity contribution in [2.45, 2.75) is 51.1 Å². The zero-order valence-electron chi connectivity index (χ0n) is 13.6. The number of alkyl halides is 3. The predicted octanol–water partition coefficient (Wildman–Crippen LogP) is 3.20. The van der Waals surface area contributed by atoms with Crippen LogP contribution in [0.1, 0.15) is 44.9 Å². The number of rotatable bonds is 7. The Morgan fingerprint density at radius 3 is 2.39 bits per heavy atom. The Balaban J connectivity index is 1.27. The Kier molecular flexibility index (Phi) is 5.19. The molecule has 0 spiro atoms. The normalized spacial score (nSPS) is 31.3. The van der Waals surface area contributed by atoms with Crippen molar-refractivity contribution in [1.82, 2.24) is 10.2 Å². The maximum absolute atomic E-state index is 12.2. The molecule has 0 aromatic rings. The SMILES string of the molecule is O=C(NCCCC1CCCC1)C1C2CN(CCC(F)(F)F)CC21. The van der Waals surface area contributed by atoms with E-state index in [0.717, 1.165) is 18.9 Å². The van der Waals surface area contributed by atoms with E-state index in [9.17, 15) is 18.0 Å². The highest BCUT2D eigenvalue weighted by Crippen LogP contribution is 2.51. The van der Waals surface area contributed by atoms with Crippen LogP contribution in [0.4, 0.5) is 13.2 Å². The molecule has 2 aliphatic carbocycles. The number of amides is 1. The van der Waals surface area contributed by atoms with Crippen molar-refractivity contribution in [1.29, 1.82) is 0 Å². The number of likely N-dealkylation sites (tertiary alicyclic amines) is 1. The molecule has 1 N–H and O–H groups in total. The molecule has 0 aromatic heterocycles. The van der Waals surface area contributed by atoms with Crippen LogP contribution >= 0.6 is 0 Å². The molecule has 1 amide bonds. The van der Waals surface area contributed by atoms with E-state index in [1.165, 1.54) is 32.1 Å². The van der Waals surface area contributed by atoms with Crippen LogP contribution in [0.3, 0.4) is 0 Å². The third-order valence-corrected chi connectivity index (χ3v) is 5.85. The maximum Gasteiger partial charge on any atom is 0.390 e. The molecule has 1 heterocycles. The summed E-state index contributed by atoms with van der Waals surface area (Å²) in [6.45, 7) is 2.14. The number of hydrogen-bond donors (Lipinski definition) is 1. The molecule has 2 saturated carbocycles. The van der Waals surface area contributed by atoms with Crippen LogP contribution in [0.25, 0.3) is 0 Å². The van der Waals surface area contributed by atoms with Gasteiger partial charge in [0, 0.05) is 32.1 Å². The number of hydrogen-bond acceptors (Lipinski definition) is 2. The molecular weight excluding hydrogens is 305 g/mol. The second-order valence-corrected chi connectivity index (χ2v) is 7.56. The van der Waals surface area contributed by atoms with Crippen molar-refractivity contribution in [3.8, 4) is 0 Å². The second kappa shape index (κ2) is 6.99. The van der Waals surface area contributed by atoms with Crippen molar-refractivity contribution in [3.63, 3.8) is 0 Å². The van der Waals surface area contributed by atoms with Crippen molar-refractivity contribution < 1.29 is 18.0 Å². The summed E-state index contributed by atoms with van der Waals surface area (Å²) < 4.78 is 36.6. The van der Waals surface area contributed by atoms with Crippen LogP contribution < -0.4 is 5.32 Å². The van der Waals surface area contributed by atoms with E-state index in [-0.39, 0.29) is 30.2 Å². The van der Waals surface area contributed by atoms with Gasteiger partial charge in [0.15, 0.2) is 0 Å². The fraction of sp³-hybridized carbons (Fsp3) is 0.941. The molecule has 3 rings (SSSR count). The van der Waals surface area contributed by atoms with Gasteiger partial charge in [-0.05, 0) is 30.6 Å². The standard InChI is InChI=1S/C17H27F3N2O/c18-17(19,20)7-9-22-10-13-14(11-22)15(13)16(23)21-8-3-6-12-4-1-2-5-12/h12-15H,1-11H2,(H,21,23). The number of nitrogens with zero attached hydrogens (tertiary/aromatic N) is 1. The largest absolute Gasteiger partial charge is 0.390 e. The minimum absolute atomic E-state index is 0.0589. The minimum atomic E-state index is -4.08. The van der Waals surface area contributed by atoms with Gasteiger partial charge in [-0.15, -0.1) is 0 Å². The molecule has 23 heavy (non-hydrogen) atoms. The zero-order chi connectivity index (χ0) is 16.4. The van der Waals surface area contributed by atoms with Gasteiger partial charge >= 0.3 is 6.18 Å². The van der Waals surface area contributed by atoms with Gasteiger partial charge in [0.1, 0.15) is 0 Å². The Hall–Kier alpha value is -0.780. The van der Waals surface area contributed by atoms with E-state index < -0.39 is 12.6 Å². The van der Waals surface area contributed by atoms with Gasteiger partial charge in [-0.2, -0.15) is 13.2 Å². The third-order valence-electron chi connectivity index (χ3n) is 5.85. The fourth-order valence-electron chi connectivity index (χ4n) is 4.49. The van der Waals surface area contributed by atoms with Gasteiger partial charge in [-0.3, -0.25) is 4.79 Å². The first-order valence-corrected chi connectivity index (χ1v) is 9.01. The zero-order valence-corrected chi connectivity index (χ0v) is 13.6. The van der Waals surface area contributed by atoms with E-state index in [1.807, 2.05) is 4.90 Å². The van der Waals surface area contributed by atoms with E-state index >= 15 is 0 Å². The molecule has 2 atom stereocenters. The Morgan fingerprint density at radius 1 is 1.13 bits per heavy atom. The highest BCUT2D eigenvalue weighted by atomic mass is 19.4. The van der Waals surface area contributed by atoms with Crippen LogP contribution in [-0.4, -0.2) is 43.2 Å². The average Bonchev–Trinajstić information content (AvgIpc) is 2.87. The van der Waals surface area contributed by atoms with Crippen LogP contribution in [0.15, 0.2) is 0 Å².